The molecule has 3 nitrogen and oxygen atoms in total. The standard InChI is InChI=1S/C40H64N2O/c1-25(2)29-19-17-20-30(26(3)4)33(29)41-35(37(9,10)23-39(41,13)14)43-36-38(11,12)24-40(15,16)42(36)34-31(27(5)6)21-18-22-32(34)28(7)8/h17-22,25-28,35-36H,23-24H2,1-16H3/t35-,36-/m1/s1. The fourth-order valence-corrected chi connectivity index (χ4v) is 8.94. The van der Waals surface area contributed by atoms with E-state index < -0.39 is 0 Å². The van der Waals surface area contributed by atoms with Gasteiger partial charge in [-0.15, -0.1) is 0 Å². The van der Waals surface area contributed by atoms with Crippen LogP contribution in [0.15, 0.2) is 36.4 Å². The second-order valence-corrected chi connectivity index (χ2v) is 17.7. The van der Waals surface area contributed by atoms with E-state index in [0.717, 1.165) is 12.8 Å². The summed E-state index contributed by atoms with van der Waals surface area (Å²) >= 11 is 0. The molecule has 2 atom stereocenters. The average Bonchev–Trinajstić information content (AvgIpc) is 3.15. The van der Waals surface area contributed by atoms with Crippen LogP contribution in [-0.4, -0.2) is 23.5 Å². The summed E-state index contributed by atoms with van der Waals surface area (Å²) in [6, 6.07) is 13.9. The van der Waals surface area contributed by atoms with Crippen molar-refractivity contribution in [1.82, 2.24) is 0 Å². The maximum atomic E-state index is 7.80. The second kappa shape index (κ2) is 11.4. The summed E-state index contributed by atoms with van der Waals surface area (Å²) in [7, 11) is 0. The van der Waals surface area contributed by atoms with Crippen LogP contribution in [0.2, 0.25) is 0 Å². The topological polar surface area (TPSA) is 15.7 Å². The van der Waals surface area contributed by atoms with Gasteiger partial charge in [0.25, 0.3) is 0 Å². The molecule has 0 aliphatic carbocycles. The van der Waals surface area contributed by atoms with E-state index in [9.17, 15) is 0 Å². The second-order valence-electron chi connectivity index (χ2n) is 17.7. The van der Waals surface area contributed by atoms with Gasteiger partial charge in [0.15, 0.2) is 0 Å². The fraction of sp³-hybridized carbons (Fsp3) is 0.700. The van der Waals surface area contributed by atoms with Crippen molar-refractivity contribution in [3.63, 3.8) is 0 Å². The maximum absolute atomic E-state index is 7.80. The Labute approximate surface area is 265 Å². The molecule has 0 amide bonds. The normalized spacial score (nSPS) is 24.3. The van der Waals surface area contributed by atoms with Crippen LogP contribution in [0.4, 0.5) is 11.4 Å². The van der Waals surface area contributed by atoms with Gasteiger partial charge in [-0.1, -0.05) is 119 Å². The van der Waals surface area contributed by atoms with Crippen LogP contribution in [0.3, 0.4) is 0 Å². The van der Waals surface area contributed by atoms with Crippen LogP contribution in [0.25, 0.3) is 0 Å². The van der Waals surface area contributed by atoms with Crippen molar-refractivity contribution in [2.75, 3.05) is 9.80 Å². The number of nitrogens with zero attached hydrogens (tertiary/aromatic N) is 2. The third-order valence-corrected chi connectivity index (χ3v) is 10.3. The molecule has 2 heterocycles. The van der Waals surface area contributed by atoms with Crippen molar-refractivity contribution >= 4 is 11.4 Å². The minimum absolute atomic E-state index is 0.0330. The van der Waals surface area contributed by atoms with E-state index in [1.54, 1.807) is 0 Å². The van der Waals surface area contributed by atoms with Gasteiger partial charge in [0, 0.05) is 33.3 Å². The molecule has 2 fully saturated rings. The Hall–Kier alpha value is -2.00. The minimum Gasteiger partial charge on any atom is -0.340 e. The van der Waals surface area contributed by atoms with Crippen molar-refractivity contribution in [3.8, 4) is 0 Å². The van der Waals surface area contributed by atoms with E-state index in [-0.39, 0.29) is 34.4 Å². The van der Waals surface area contributed by atoms with E-state index in [0.29, 0.717) is 23.7 Å². The van der Waals surface area contributed by atoms with Gasteiger partial charge in [-0.05, 0) is 86.5 Å². The molecule has 4 rings (SSSR count). The number of benzene rings is 2. The average molecular weight is 589 g/mol. The smallest absolute Gasteiger partial charge is 0.138 e. The first-order valence-electron chi connectivity index (χ1n) is 17.1. The Morgan fingerprint density at radius 2 is 0.767 bits per heavy atom. The lowest BCUT2D eigenvalue weighted by atomic mass is 9.83. The molecule has 0 saturated carbocycles. The Balaban J connectivity index is 1.96. The molecule has 2 aliphatic rings. The molecule has 2 aromatic carbocycles. The van der Waals surface area contributed by atoms with Crippen LogP contribution >= 0.6 is 0 Å². The van der Waals surface area contributed by atoms with Crippen LogP contribution < -0.4 is 9.80 Å². The molecular weight excluding hydrogens is 524 g/mol. The largest absolute Gasteiger partial charge is 0.340 e. The Morgan fingerprint density at radius 3 is 1.00 bits per heavy atom. The third kappa shape index (κ3) is 6.01. The van der Waals surface area contributed by atoms with Gasteiger partial charge >= 0.3 is 0 Å². The molecule has 240 valence electrons. The van der Waals surface area contributed by atoms with E-state index in [2.05, 4.69) is 157 Å². The number of hydrogen-bond acceptors (Lipinski definition) is 3. The zero-order valence-corrected chi connectivity index (χ0v) is 30.6. The van der Waals surface area contributed by atoms with Gasteiger partial charge in [0.2, 0.25) is 0 Å². The number of ether oxygens (including phenoxy) is 1. The van der Waals surface area contributed by atoms with E-state index in [4.69, 9.17) is 4.74 Å². The summed E-state index contributed by atoms with van der Waals surface area (Å²) in [6.07, 6.45) is 2.03. The Morgan fingerprint density at radius 1 is 0.512 bits per heavy atom. The molecule has 0 bridgehead atoms. The van der Waals surface area contributed by atoms with Crippen molar-refractivity contribution in [2.24, 2.45) is 10.8 Å². The highest BCUT2D eigenvalue weighted by Gasteiger charge is 2.58. The highest BCUT2D eigenvalue weighted by Crippen LogP contribution is 2.57. The van der Waals surface area contributed by atoms with Crippen molar-refractivity contribution in [3.05, 3.63) is 58.7 Å². The number of para-hydroxylation sites is 2. The molecule has 3 heteroatoms. The van der Waals surface area contributed by atoms with E-state index in [1.165, 1.54) is 33.6 Å². The van der Waals surface area contributed by atoms with Crippen LogP contribution in [0.1, 0.15) is 170 Å². The Bertz CT molecular complexity index is 1140. The Kier molecular flexibility index (Phi) is 9.00. The summed E-state index contributed by atoms with van der Waals surface area (Å²) in [4.78, 5) is 5.43. The molecule has 2 aliphatic heterocycles. The van der Waals surface area contributed by atoms with Gasteiger partial charge in [-0.25, -0.2) is 0 Å². The predicted molar refractivity (Wildman–Crippen MR) is 188 cm³/mol. The lowest BCUT2D eigenvalue weighted by Gasteiger charge is -2.47. The van der Waals surface area contributed by atoms with Crippen molar-refractivity contribution in [1.29, 1.82) is 0 Å². The highest BCUT2D eigenvalue weighted by atomic mass is 16.5. The summed E-state index contributed by atoms with van der Waals surface area (Å²) < 4.78 is 7.80. The van der Waals surface area contributed by atoms with Crippen molar-refractivity contribution in [2.45, 2.75) is 171 Å². The van der Waals surface area contributed by atoms with Crippen LogP contribution in [0, 0.1) is 10.8 Å². The lowest BCUT2D eigenvalue weighted by Crippen LogP contribution is -2.54. The van der Waals surface area contributed by atoms with Gasteiger partial charge in [0.05, 0.1) is 0 Å². The molecule has 43 heavy (non-hydrogen) atoms. The first-order chi connectivity index (χ1) is 19.6. The monoisotopic (exact) mass is 589 g/mol. The molecular formula is C40H64N2O. The van der Waals surface area contributed by atoms with Gasteiger partial charge in [-0.3, -0.25) is 0 Å². The minimum atomic E-state index is -0.0608. The number of hydrogen-bond donors (Lipinski definition) is 0. The van der Waals surface area contributed by atoms with E-state index in [1.807, 2.05) is 0 Å². The maximum Gasteiger partial charge on any atom is 0.138 e. The quantitative estimate of drug-likeness (QED) is 0.305. The van der Waals surface area contributed by atoms with Gasteiger partial charge in [0.1, 0.15) is 12.5 Å². The molecule has 0 aromatic heterocycles. The zero-order chi connectivity index (χ0) is 32.4. The molecule has 0 N–H and O–H groups in total. The molecule has 0 spiro atoms. The summed E-state index contributed by atoms with van der Waals surface area (Å²) in [6.45, 7) is 38.2. The summed E-state index contributed by atoms with van der Waals surface area (Å²) in [5.41, 5.74) is 8.36. The molecule has 0 radical (unpaired) electrons. The van der Waals surface area contributed by atoms with Gasteiger partial charge in [-0.2, -0.15) is 0 Å². The van der Waals surface area contributed by atoms with Crippen LogP contribution in [0.5, 0.6) is 0 Å². The fourth-order valence-electron chi connectivity index (χ4n) is 8.94. The SMILES string of the molecule is CC(C)c1cccc(C(C)C)c1N1[C@H](O[C@H]2N(c3c(C(C)C)cccc3C(C)C)C(C)(C)CC2(C)C)C(C)(C)CC1(C)C. The van der Waals surface area contributed by atoms with Gasteiger partial charge < -0.3 is 14.5 Å². The number of rotatable bonds is 8. The number of anilines is 2. The molecule has 0 unspecified atom stereocenters. The predicted octanol–water partition coefficient (Wildman–Crippen LogP) is 11.6. The van der Waals surface area contributed by atoms with Crippen molar-refractivity contribution < 1.29 is 4.74 Å². The molecule has 2 saturated heterocycles. The zero-order valence-electron chi connectivity index (χ0n) is 30.6. The third-order valence-electron chi connectivity index (χ3n) is 10.3. The highest BCUT2D eigenvalue weighted by molar-refractivity contribution is 5.67. The summed E-state index contributed by atoms with van der Waals surface area (Å²) in [5, 5.41) is 0. The first-order valence-corrected chi connectivity index (χ1v) is 17.1. The molecule has 2 aromatic rings. The first kappa shape index (κ1) is 33.9. The lowest BCUT2D eigenvalue weighted by molar-refractivity contribution is -0.0890. The van der Waals surface area contributed by atoms with Crippen LogP contribution in [-0.2, 0) is 4.74 Å². The van der Waals surface area contributed by atoms with E-state index >= 15 is 0 Å². The summed E-state index contributed by atoms with van der Waals surface area (Å²) in [5.74, 6) is 1.72.